The highest BCUT2D eigenvalue weighted by molar-refractivity contribution is 5.57. The van der Waals surface area contributed by atoms with Gasteiger partial charge in [0.25, 0.3) is 0 Å². The van der Waals surface area contributed by atoms with Gasteiger partial charge in [0.1, 0.15) is 5.82 Å². The summed E-state index contributed by atoms with van der Waals surface area (Å²) in [6.07, 6.45) is -3.36. The van der Waals surface area contributed by atoms with Gasteiger partial charge in [0.15, 0.2) is 5.69 Å². The quantitative estimate of drug-likeness (QED) is 0.928. The van der Waals surface area contributed by atoms with E-state index in [9.17, 15) is 13.2 Å². The van der Waals surface area contributed by atoms with E-state index >= 15 is 0 Å². The van der Waals surface area contributed by atoms with Crippen LogP contribution in [0.5, 0.6) is 0 Å². The predicted octanol–water partition coefficient (Wildman–Crippen LogP) is 3.87. The van der Waals surface area contributed by atoms with Crippen molar-refractivity contribution in [3.8, 4) is 11.4 Å². The van der Waals surface area contributed by atoms with Gasteiger partial charge in [-0.15, -0.1) is 0 Å². The van der Waals surface area contributed by atoms with Gasteiger partial charge in [0.05, 0.1) is 0 Å². The van der Waals surface area contributed by atoms with Crippen molar-refractivity contribution in [3.05, 3.63) is 41.7 Å². The fourth-order valence-corrected chi connectivity index (χ4v) is 2.11. The van der Waals surface area contributed by atoms with E-state index < -0.39 is 11.9 Å². The molecule has 0 radical (unpaired) electrons. The second kappa shape index (κ2) is 5.89. The van der Waals surface area contributed by atoms with Gasteiger partial charge >= 0.3 is 6.18 Å². The van der Waals surface area contributed by atoms with Crippen molar-refractivity contribution in [2.24, 2.45) is 0 Å². The lowest BCUT2D eigenvalue weighted by Gasteiger charge is -2.11. The molecule has 0 unspecified atom stereocenters. The Balaban J connectivity index is 2.44. The minimum absolute atomic E-state index is 0.0967. The van der Waals surface area contributed by atoms with Gasteiger partial charge in [0, 0.05) is 24.3 Å². The van der Waals surface area contributed by atoms with E-state index in [-0.39, 0.29) is 6.04 Å². The summed E-state index contributed by atoms with van der Waals surface area (Å²) < 4.78 is 40.1. The number of imidazole rings is 1. The molecule has 1 N–H and O–H groups in total. The fraction of sp³-hybridized carbons (Fsp3) is 0.400. The Morgan fingerprint density at radius 1 is 1.19 bits per heavy atom. The van der Waals surface area contributed by atoms with Gasteiger partial charge in [0.2, 0.25) is 0 Å². The third kappa shape index (κ3) is 3.44. The molecule has 6 heteroatoms. The zero-order valence-electron chi connectivity index (χ0n) is 12.2. The molecule has 0 aliphatic heterocycles. The number of nitrogens with zero attached hydrogens (tertiary/aromatic N) is 2. The van der Waals surface area contributed by atoms with E-state index in [1.807, 2.05) is 33.0 Å². The number of hydrogen-bond acceptors (Lipinski definition) is 2. The molecule has 0 bridgehead atoms. The first-order valence-electron chi connectivity index (χ1n) is 6.73. The zero-order valence-corrected chi connectivity index (χ0v) is 12.2. The average Bonchev–Trinajstić information content (AvgIpc) is 2.85. The standard InChI is InChI=1S/C15H18F3N3/c1-10(2)21-9-13(15(16,17)18)20-14(21)12-6-4-11(5-7-12)8-19-3/h4-7,9-10,19H,8H2,1-3H3. The third-order valence-electron chi connectivity index (χ3n) is 3.17. The minimum atomic E-state index is -4.43. The Labute approximate surface area is 121 Å². The van der Waals surface area contributed by atoms with Crippen molar-refractivity contribution >= 4 is 0 Å². The molecule has 21 heavy (non-hydrogen) atoms. The molecule has 3 nitrogen and oxygen atoms in total. The first-order valence-corrected chi connectivity index (χ1v) is 6.73. The summed E-state index contributed by atoms with van der Waals surface area (Å²) in [5.74, 6) is 0.341. The summed E-state index contributed by atoms with van der Waals surface area (Å²) >= 11 is 0. The van der Waals surface area contributed by atoms with Crippen molar-refractivity contribution in [3.63, 3.8) is 0 Å². The SMILES string of the molecule is CNCc1ccc(-c2nc(C(F)(F)F)cn2C(C)C)cc1. The Hall–Kier alpha value is -1.82. The van der Waals surface area contributed by atoms with Gasteiger partial charge in [-0.05, 0) is 26.5 Å². The molecular weight excluding hydrogens is 279 g/mol. The summed E-state index contributed by atoms with van der Waals surface area (Å²) in [6.45, 7) is 4.38. The summed E-state index contributed by atoms with van der Waals surface area (Å²) in [5.41, 5.74) is 0.893. The van der Waals surface area contributed by atoms with Crippen LogP contribution in [0.1, 0.15) is 31.1 Å². The van der Waals surface area contributed by atoms with Crippen LogP contribution in [0.4, 0.5) is 13.2 Å². The Kier molecular flexibility index (Phi) is 4.37. The van der Waals surface area contributed by atoms with Crippen molar-refractivity contribution in [2.75, 3.05) is 7.05 Å². The summed E-state index contributed by atoms with van der Waals surface area (Å²) in [7, 11) is 1.84. The van der Waals surface area contributed by atoms with Gasteiger partial charge in [-0.2, -0.15) is 13.2 Å². The highest BCUT2D eigenvalue weighted by atomic mass is 19.4. The number of rotatable bonds is 4. The van der Waals surface area contributed by atoms with Crippen LogP contribution >= 0.6 is 0 Å². The van der Waals surface area contributed by atoms with E-state index in [0.717, 1.165) is 11.8 Å². The molecule has 0 saturated carbocycles. The van der Waals surface area contributed by atoms with Crippen LogP contribution in [0.15, 0.2) is 30.5 Å². The number of halogens is 3. The van der Waals surface area contributed by atoms with Crippen molar-refractivity contribution in [1.29, 1.82) is 0 Å². The molecular formula is C15H18F3N3. The zero-order chi connectivity index (χ0) is 15.6. The lowest BCUT2D eigenvalue weighted by molar-refractivity contribution is -0.140. The van der Waals surface area contributed by atoms with E-state index in [1.165, 1.54) is 0 Å². The van der Waals surface area contributed by atoms with Gasteiger partial charge in [-0.3, -0.25) is 0 Å². The van der Waals surface area contributed by atoms with Crippen molar-refractivity contribution < 1.29 is 13.2 Å². The van der Waals surface area contributed by atoms with Crippen molar-refractivity contribution in [2.45, 2.75) is 32.6 Å². The normalized spacial score (nSPS) is 12.1. The molecule has 0 spiro atoms. The predicted molar refractivity (Wildman–Crippen MR) is 75.8 cm³/mol. The molecule has 0 saturated heterocycles. The Bertz CT molecular complexity index is 598. The van der Waals surface area contributed by atoms with Crippen LogP contribution in [-0.2, 0) is 12.7 Å². The second-order valence-corrected chi connectivity index (χ2v) is 5.18. The topological polar surface area (TPSA) is 29.9 Å². The van der Waals surface area contributed by atoms with Crippen LogP contribution < -0.4 is 5.32 Å². The van der Waals surface area contributed by atoms with Crippen LogP contribution in [-0.4, -0.2) is 16.6 Å². The van der Waals surface area contributed by atoms with Crippen LogP contribution in [0.3, 0.4) is 0 Å². The van der Waals surface area contributed by atoms with E-state index in [0.29, 0.717) is 17.9 Å². The fourth-order valence-electron chi connectivity index (χ4n) is 2.11. The van der Waals surface area contributed by atoms with Crippen LogP contribution in [0, 0.1) is 0 Å². The summed E-state index contributed by atoms with van der Waals surface area (Å²) in [4.78, 5) is 3.77. The van der Waals surface area contributed by atoms with Crippen LogP contribution in [0.2, 0.25) is 0 Å². The molecule has 0 atom stereocenters. The first kappa shape index (κ1) is 15.6. The molecule has 0 amide bonds. The maximum Gasteiger partial charge on any atom is 0.434 e. The van der Waals surface area contributed by atoms with Gasteiger partial charge < -0.3 is 9.88 Å². The lowest BCUT2D eigenvalue weighted by atomic mass is 10.1. The lowest BCUT2D eigenvalue weighted by Crippen LogP contribution is -2.05. The van der Waals surface area contributed by atoms with Gasteiger partial charge in [-0.1, -0.05) is 24.3 Å². The molecule has 1 heterocycles. The molecule has 2 rings (SSSR count). The number of nitrogens with one attached hydrogen (secondary N) is 1. The van der Waals surface area contributed by atoms with E-state index in [1.54, 1.807) is 16.7 Å². The smallest absolute Gasteiger partial charge is 0.328 e. The van der Waals surface area contributed by atoms with E-state index in [2.05, 4.69) is 10.3 Å². The summed E-state index contributed by atoms with van der Waals surface area (Å²) in [5, 5.41) is 3.03. The maximum atomic E-state index is 12.8. The monoisotopic (exact) mass is 297 g/mol. The number of hydrogen-bond donors (Lipinski definition) is 1. The molecule has 0 aliphatic rings. The highest BCUT2D eigenvalue weighted by Gasteiger charge is 2.35. The minimum Gasteiger partial charge on any atom is -0.328 e. The van der Waals surface area contributed by atoms with Gasteiger partial charge in [-0.25, -0.2) is 4.98 Å². The van der Waals surface area contributed by atoms with Crippen molar-refractivity contribution in [1.82, 2.24) is 14.9 Å². The average molecular weight is 297 g/mol. The Morgan fingerprint density at radius 2 is 1.81 bits per heavy atom. The molecule has 2 aromatic rings. The number of alkyl halides is 3. The second-order valence-electron chi connectivity index (χ2n) is 5.18. The largest absolute Gasteiger partial charge is 0.434 e. The molecule has 114 valence electrons. The first-order chi connectivity index (χ1) is 9.82. The molecule has 1 aromatic carbocycles. The maximum absolute atomic E-state index is 12.8. The van der Waals surface area contributed by atoms with E-state index in [4.69, 9.17) is 0 Å². The molecule has 1 aromatic heterocycles. The Morgan fingerprint density at radius 3 is 2.29 bits per heavy atom. The molecule has 0 aliphatic carbocycles. The third-order valence-corrected chi connectivity index (χ3v) is 3.17. The molecule has 0 fully saturated rings. The summed E-state index contributed by atoms with van der Waals surface area (Å²) in [6, 6.07) is 7.28. The number of benzene rings is 1. The highest BCUT2D eigenvalue weighted by Crippen LogP contribution is 2.32. The number of aromatic nitrogens is 2. The van der Waals surface area contributed by atoms with Crippen LogP contribution in [0.25, 0.3) is 11.4 Å².